The number of carbonyl (C=O) groups excluding carboxylic acids is 1. The van der Waals surface area contributed by atoms with Gasteiger partial charge in [0.2, 0.25) is 15.9 Å². The maximum atomic E-state index is 12.9. The number of halogens is 1. The van der Waals surface area contributed by atoms with Crippen molar-refractivity contribution >= 4 is 21.6 Å². The average Bonchev–Trinajstić information content (AvgIpc) is 2.56. The maximum absolute atomic E-state index is 12.9. The van der Waals surface area contributed by atoms with Crippen LogP contribution in [0.4, 0.5) is 10.1 Å². The molecule has 5 nitrogen and oxygen atoms in total. The smallest absolute Gasteiger partial charge is 0.240 e. The number of amides is 1. The van der Waals surface area contributed by atoms with Gasteiger partial charge >= 0.3 is 0 Å². The van der Waals surface area contributed by atoms with Crippen molar-refractivity contribution in [2.24, 2.45) is 0 Å². The molecule has 0 radical (unpaired) electrons. The van der Waals surface area contributed by atoms with Gasteiger partial charge in [0.1, 0.15) is 12.4 Å². The van der Waals surface area contributed by atoms with Crippen molar-refractivity contribution in [3.05, 3.63) is 65.0 Å². The molecule has 7 heteroatoms. The lowest BCUT2D eigenvalue weighted by Gasteiger charge is -2.24. The van der Waals surface area contributed by atoms with Crippen LogP contribution in [0.3, 0.4) is 0 Å². The van der Waals surface area contributed by atoms with Gasteiger partial charge in [0.05, 0.1) is 11.9 Å². The van der Waals surface area contributed by atoms with E-state index in [0.29, 0.717) is 18.7 Å². The number of nitrogens with one attached hydrogen (secondary N) is 1. The van der Waals surface area contributed by atoms with Gasteiger partial charge in [-0.1, -0.05) is 24.3 Å². The van der Waals surface area contributed by atoms with Crippen LogP contribution in [-0.2, 0) is 21.2 Å². The monoisotopic (exact) mass is 378 g/mol. The van der Waals surface area contributed by atoms with E-state index in [1.54, 1.807) is 24.3 Å². The fraction of sp³-hybridized carbons (Fsp3) is 0.316. The standard InChI is InChI=1S/C19H23FN2O3S/c1-14-5-4-6-18(15(14)2)22(26(3,24)25)13-19(23)21-12-11-16-7-9-17(20)10-8-16/h4-10H,11-13H2,1-3H3,(H,21,23). The van der Waals surface area contributed by atoms with E-state index in [9.17, 15) is 17.6 Å². The third-order valence-corrected chi connectivity index (χ3v) is 5.31. The van der Waals surface area contributed by atoms with E-state index in [1.165, 1.54) is 12.1 Å². The van der Waals surface area contributed by atoms with Crippen LogP contribution in [0.2, 0.25) is 0 Å². The number of carbonyl (C=O) groups is 1. The van der Waals surface area contributed by atoms with E-state index in [1.807, 2.05) is 19.9 Å². The highest BCUT2D eigenvalue weighted by Gasteiger charge is 2.22. The van der Waals surface area contributed by atoms with Crippen LogP contribution >= 0.6 is 0 Å². The van der Waals surface area contributed by atoms with Crippen LogP contribution in [0.5, 0.6) is 0 Å². The molecule has 0 saturated heterocycles. The zero-order valence-corrected chi connectivity index (χ0v) is 15.9. The Morgan fingerprint density at radius 3 is 2.38 bits per heavy atom. The molecule has 2 aromatic rings. The summed E-state index contributed by atoms with van der Waals surface area (Å²) >= 11 is 0. The van der Waals surface area contributed by atoms with Crippen LogP contribution < -0.4 is 9.62 Å². The Labute approximate surface area is 153 Å². The Bertz CT molecular complexity index is 880. The van der Waals surface area contributed by atoms with Crippen LogP contribution in [0.1, 0.15) is 16.7 Å². The minimum atomic E-state index is -3.60. The third-order valence-electron chi connectivity index (χ3n) is 4.18. The van der Waals surface area contributed by atoms with E-state index >= 15 is 0 Å². The van der Waals surface area contributed by atoms with Crippen LogP contribution in [0.25, 0.3) is 0 Å². The van der Waals surface area contributed by atoms with Crippen molar-refractivity contribution in [1.29, 1.82) is 0 Å². The molecule has 0 aromatic heterocycles. The largest absolute Gasteiger partial charge is 0.354 e. The fourth-order valence-electron chi connectivity index (χ4n) is 2.57. The number of nitrogens with zero attached hydrogens (tertiary/aromatic N) is 1. The highest BCUT2D eigenvalue weighted by molar-refractivity contribution is 7.92. The first kappa shape index (κ1) is 19.9. The van der Waals surface area contributed by atoms with Crippen LogP contribution in [0.15, 0.2) is 42.5 Å². The quantitative estimate of drug-likeness (QED) is 0.805. The molecule has 0 unspecified atom stereocenters. The van der Waals surface area contributed by atoms with Gasteiger partial charge in [-0.3, -0.25) is 9.10 Å². The molecule has 0 saturated carbocycles. The minimum Gasteiger partial charge on any atom is -0.354 e. The van der Waals surface area contributed by atoms with Gasteiger partial charge in [-0.15, -0.1) is 0 Å². The Kier molecular flexibility index (Phi) is 6.37. The molecule has 1 amide bonds. The molecule has 0 atom stereocenters. The van der Waals surface area contributed by atoms with E-state index < -0.39 is 15.9 Å². The predicted octanol–water partition coefficient (Wildman–Crippen LogP) is 2.57. The van der Waals surface area contributed by atoms with Crippen molar-refractivity contribution in [3.63, 3.8) is 0 Å². The lowest BCUT2D eigenvalue weighted by molar-refractivity contribution is -0.119. The lowest BCUT2D eigenvalue weighted by atomic mass is 10.1. The van der Waals surface area contributed by atoms with Gasteiger partial charge in [0, 0.05) is 6.54 Å². The third kappa shape index (κ3) is 5.29. The Morgan fingerprint density at radius 2 is 1.77 bits per heavy atom. The second-order valence-electron chi connectivity index (χ2n) is 6.22. The van der Waals surface area contributed by atoms with E-state index in [-0.39, 0.29) is 12.4 Å². The normalized spacial score (nSPS) is 11.2. The summed E-state index contributed by atoms with van der Waals surface area (Å²) in [6, 6.07) is 11.4. The number of rotatable bonds is 7. The van der Waals surface area contributed by atoms with Crippen molar-refractivity contribution in [3.8, 4) is 0 Å². The van der Waals surface area contributed by atoms with Gasteiger partial charge in [-0.2, -0.15) is 0 Å². The highest BCUT2D eigenvalue weighted by atomic mass is 32.2. The topological polar surface area (TPSA) is 66.5 Å². The first-order valence-corrected chi connectivity index (χ1v) is 10.1. The Morgan fingerprint density at radius 1 is 1.12 bits per heavy atom. The zero-order chi connectivity index (χ0) is 19.3. The van der Waals surface area contributed by atoms with Crippen molar-refractivity contribution in [2.75, 3.05) is 23.7 Å². The van der Waals surface area contributed by atoms with Crippen molar-refractivity contribution < 1.29 is 17.6 Å². The minimum absolute atomic E-state index is 0.285. The van der Waals surface area contributed by atoms with E-state index in [0.717, 1.165) is 27.3 Å². The zero-order valence-electron chi connectivity index (χ0n) is 15.1. The molecule has 0 fully saturated rings. The summed E-state index contributed by atoms with van der Waals surface area (Å²) in [5.41, 5.74) is 3.16. The Balaban J connectivity index is 2.03. The number of aryl methyl sites for hydroxylation is 1. The highest BCUT2D eigenvalue weighted by Crippen LogP contribution is 2.24. The fourth-order valence-corrected chi connectivity index (χ4v) is 3.48. The van der Waals surface area contributed by atoms with E-state index in [2.05, 4.69) is 5.32 Å². The molecule has 2 rings (SSSR count). The molecular formula is C19H23FN2O3S. The van der Waals surface area contributed by atoms with Gasteiger partial charge in [-0.25, -0.2) is 12.8 Å². The summed E-state index contributed by atoms with van der Waals surface area (Å²) in [5.74, 6) is -0.700. The molecule has 0 aliphatic carbocycles. The van der Waals surface area contributed by atoms with Crippen molar-refractivity contribution in [1.82, 2.24) is 5.32 Å². The molecule has 26 heavy (non-hydrogen) atoms. The number of benzene rings is 2. The summed E-state index contributed by atoms with van der Waals surface area (Å²) in [5, 5.41) is 2.71. The van der Waals surface area contributed by atoms with Gasteiger partial charge in [0.15, 0.2) is 0 Å². The lowest BCUT2D eigenvalue weighted by Crippen LogP contribution is -2.41. The Hall–Kier alpha value is -2.41. The summed E-state index contributed by atoms with van der Waals surface area (Å²) < 4.78 is 38.3. The number of hydrogen-bond acceptors (Lipinski definition) is 3. The average molecular weight is 378 g/mol. The molecule has 2 aromatic carbocycles. The molecule has 0 aliphatic rings. The van der Waals surface area contributed by atoms with Gasteiger partial charge in [0.25, 0.3) is 0 Å². The van der Waals surface area contributed by atoms with E-state index in [4.69, 9.17) is 0 Å². The van der Waals surface area contributed by atoms with Gasteiger partial charge < -0.3 is 5.32 Å². The molecular weight excluding hydrogens is 355 g/mol. The molecule has 0 aliphatic heterocycles. The summed E-state index contributed by atoms with van der Waals surface area (Å²) in [6.45, 7) is 3.78. The summed E-state index contributed by atoms with van der Waals surface area (Å²) in [7, 11) is -3.60. The number of sulfonamides is 1. The predicted molar refractivity (Wildman–Crippen MR) is 101 cm³/mol. The maximum Gasteiger partial charge on any atom is 0.240 e. The number of hydrogen-bond donors (Lipinski definition) is 1. The van der Waals surface area contributed by atoms with Crippen LogP contribution in [-0.4, -0.2) is 33.7 Å². The second kappa shape index (κ2) is 8.31. The molecule has 0 spiro atoms. The SMILES string of the molecule is Cc1cccc(N(CC(=O)NCCc2ccc(F)cc2)S(C)(=O)=O)c1C. The molecule has 1 N–H and O–H groups in total. The van der Waals surface area contributed by atoms with Crippen molar-refractivity contribution in [2.45, 2.75) is 20.3 Å². The number of anilines is 1. The second-order valence-corrected chi connectivity index (χ2v) is 8.12. The molecule has 0 heterocycles. The molecule has 140 valence electrons. The first-order valence-electron chi connectivity index (χ1n) is 8.23. The van der Waals surface area contributed by atoms with Crippen LogP contribution in [0, 0.1) is 19.7 Å². The summed E-state index contributed by atoms with van der Waals surface area (Å²) in [4.78, 5) is 12.2. The summed E-state index contributed by atoms with van der Waals surface area (Å²) in [6.07, 6.45) is 1.62. The van der Waals surface area contributed by atoms with Gasteiger partial charge in [-0.05, 0) is 55.2 Å². The first-order chi connectivity index (χ1) is 12.2. The molecule has 0 bridgehead atoms.